The van der Waals surface area contributed by atoms with Gasteiger partial charge in [0.15, 0.2) is 16.3 Å². The Morgan fingerprint density at radius 3 is 2.58 bits per heavy atom. The van der Waals surface area contributed by atoms with Crippen LogP contribution in [0.25, 0.3) is 10.2 Å². The van der Waals surface area contributed by atoms with Crippen LogP contribution >= 0.6 is 11.3 Å². The van der Waals surface area contributed by atoms with Crippen molar-refractivity contribution in [1.29, 1.82) is 0 Å². The predicted octanol–water partition coefficient (Wildman–Crippen LogP) is 3.75. The van der Waals surface area contributed by atoms with Crippen molar-refractivity contribution >= 4 is 33.4 Å². The topological polar surface area (TPSA) is 79.1 Å². The van der Waals surface area contributed by atoms with Gasteiger partial charge in [0.1, 0.15) is 0 Å². The van der Waals surface area contributed by atoms with E-state index in [2.05, 4.69) is 11.6 Å². The minimum absolute atomic E-state index is 0.122. The van der Waals surface area contributed by atoms with Gasteiger partial charge in [-0.15, -0.1) is 6.58 Å². The molecular weight excluding hydrogens is 416 g/mol. The quantitative estimate of drug-likeness (QED) is 0.394. The number of nitrogens with zero attached hydrogens (tertiary/aromatic N) is 2. The Morgan fingerprint density at radius 1 is 1.13 bits per heavy atom. The number of hydrogen-bond acceptors (Lipinski definition) is 6. The normalized spacial score (nSPS) is 11.4. The van der Waals surface area contributed by atoms with Crippen LogP contribution in [-0.4, -0.2) is 37.3 Å². The highest BCUT2D eigenvalue weighted by molar-refractivity contribution is 7.16. The average Bonchev–Trinajstić information content (AvgIpc) is 3.10. The van der Waals surface area contributed by atoms with Crippen LogP contribution in [0.1, 0.15) is 22.8 Å². The summed E-state index contributed by atoms with van der Waals surface area (Å²) in [6.07, 6.45) is 1.86. The summed E-state index contributed by atoms with van der Waals surface area (Å²) in [6, 6.07) is 10.6. The fourth-order valence-electron chi connectivity index (χ4n) is 3.12. The molecule has 3 rings (SSSR count). The molecule has 0 atom stereocenters. The number of ether oxygens (including phenoxy) is 3. The second kappa shape index (κ2) is 10.1. The smallest absolute Gasteiger partial charge is 0.338 e. The summed E-state index contributed by atoms with van der Waals surface area (Å²) >= 11 is 1.34. The molecule has 31 heavy (non-hydrogen) atoms. The second-order valence-electron chi connectivity index (χ2n) is 6.56. The molecule has 162 valence electrons. The SMILES string of the molecule is C=CCn1c(=NC(=O)Cc2ccc(OC)c(OC)c2)sc2cc(C(=O)OCC)ccc21. The molecule has 0 fully saturated rings. The van der Waals surface area contributed by atoms with Crippen LogP contribution < -0.4 is 14.3 Å². The van der Waals surface area contributed by atoms with Crippen molar-refractivity contribution in [3.8, 4) is 11.5 Å². The zero-order valence-electron chi connectivity index (χ0n) is 17.7. The third kappa shape index (κ3) is 5.03. The number of benzene rings is 2. The Balaban J connectivity index is 1.96. The van der Waals surface area contributed by atoms with Crippen molar-refractivity contribution in [1.82, 2.24) is 4.57 Å². The minimum Gasteiger partial charge on any atom is -0.493 e. The molecule has 3 aromatic rings. The van der Waals surface area contributed by atoms with Gasteiger partial charge in [-0.25, -0.2) is 4.79 Å². The zero-order chi connectivity index (χ0) is 22.4. The van der Waals surface area contributed by atoms with Gasteiger partial charge in [0.2, 0.25) is 0 Å². The number of carbonyl (C=O) groups excluding carboxylic acids is 2. The molecule has 0 aliphatic rings. The minimum atomic E-state index is -0.379. The number of carbonyl (C=O) groups is 2. The van der Waals surface area contributed by atoms with E-state index >= 15 is 0 Å². The van der Waals surface area contributed by atoms with Gasteiger partial charge in [0, 0.05) is 6.54 Å². The first-order valence-electron chi connectivity index (χ1n) is 9.70. The van der Waals surface area contributed by atoms with Crippen LogP contribution in [0.3, 0.4) is 0 Å². The number of thiazole rings is 1. The van der Waals surface area contributed by atoms with Crippen molar-refractivity contribution < 1.29 is 23.8 Å². The van der Waals surface area contributed by atoms with E-state index in [-0.39, 0.29) is 18.3 Å². The van der Waals surface area contributed by atoms with Gasteiger partial charge in [-0.05, 0) is 42.8 Å². The number of aromatic nitrogens is 1. The number of fused-ring (bicyclic) bond motifs is 1. The summed E-state index contributed by atoms with van der Waals surface area (Å²) in [5.74, 6) is 0.488. The van der Waals surface area contributed by atoms with Crippen LogP contribution in [0, 0.1) is 0 Å². The number of hydrogen-bond donors (Lipinski definition) is 0. The summed E-state index contributed by atoms with van der Waals surface area (Å²) in [6.45, 7) is 6.35. The lowest BCUT2D eigenvalue weighted by molar-refractivity contribution is -0.117. The zero-order valence-corrected chi connectivity index (χ0v) is 18.5. The van der Waals surface area contributed by atoms with Gasteiger partial charge in [0.25, 0.3) is 5.91 Å². The third-order valence-corrected chi connectivity index (χ3v) is 5.57. The van der Waals surface area contributed by atoms with E-state index in [4.69, 9.17) is 14.2 Å². The van der Waals surface area contributed by atoms with Crippen molar-refractivity contribution in [2.75, 3.05) is 20.8 Å². The molecule has 1 amide bonds. The maximum absolute atomic E-state index is 12.7. The van der Waals surface area contributed by atoms with Crippen molar-refractivity contribution in [3.05, 3.63) is 65.0 Å². The van der Waals surface area contributed by atoms with E-state index in [1.165, 1.54) is 11.3 Å². The highest BCUT2D eigenvalue weighted by atomic mass is 32.1. The standard InChI is InChI=1S/C23H24N2O5S/c1-5-11-25-17-9-8-16(22(27)30-6-2)14-20(17)31-23(25)24-21(26)13-15-7-10-18(28-3)19(12-15)29-4/h5,7-10,12,14H,1,6,11,13H2,2-4H3. The first-order chi connectivity index (χ1) is 15.0. The summed E-state index contributed by atoms with van der Waals surface area (Å²) in [7, 11) is 3.11. The summed E-state index contributed by atoms with van der Waals surface area (Å²) in [5, 5.41) is 0. The Labute approximate surface area is 184 Å². The first kappa shape index (κ1) is 22.3. The third-order valence-electron chi connectivity index (χ3n) is 4.53. The van der Waals surface area contributed by atoms with Crippen LogP contribution in [0.5, 0.6) is 11.5 Å². The molecule has 0 bridgehead atoms. The second-order valence-corrected chi connectivity index (χ2v) is 7.57. The molecule has 8 heteroatoms. The molecule has 1 aromatic heterocycles. The Kier molecular flexibility index (Phi) is 7.25. The van der Waals surface area contributed by atoms with Crippen LogP contribution in [-0.2, 0) is 22.5 Å². The molecule has 0 aliphatic heterocycles. The number of methoxy groups -OCH3 is 2. The Morgan fingerprint density at radius 2 is 1.90 bits per heavy atom. The van der Waals surface area contributed by atoms with Crippen molar-refractivity contribution in [3.63, 3.8) is 0 Å². The molecule has 7 nitrogen and oxygen atoms in total. The highest BCUT2D eigenvalue weighted by Gasteiger charge is 2.13. The maximum atomic E-state index is 12.7. The van der Waals surface area contributed by atoms with Gasteiger partial charge < -0.3 is 18.8 Å². The highest BCUT2D eigenvalue weighted by Crippen LogP contribution is 2.27. The van der Waals surface area contributed by atoms with E-state index in [1.54, 1.807) is 51.5 Å². The molecule has 0 saturated heterocycles. The summed E-state index contributed by atoms with van der Waals surface area (Å²) in [5.41, 5.74) is 2.10. The lowest BCUT2D eigenvalue weighted by Crippen LogP contribution is -2.17. The van der Waals surface area contributed by atoms with E-state index < -0.39 is 0 Å². The molecule has 0 unspecified atom stereocenters. The van der Waals surface area contributed by atoms with Crippen LogP contribution in [0.4, 0.5) is 0 Å². The molecule has 0 aliphatic carbocycles. The number of rotatable bonds is 8. The molecule has 0 saturated carbocycles. The van der Waals surface area contributed by atoms with Crippen molar-refractivity contribution in [2.45, 2.75) is 19.9 Å². The molecule has 0 spiro atoms. The van der Waals surface area contributed by atoms with Gasteiger partial charge >= 0.3 is 5.97 Å². The molecule has 0 radical (unpaired) electrons. The van der Waals surface area contributed by atoms with Crippen LogP contribution in [0.15, 0.2) is 54.0 Å². The number of amides is 1. The van der Waals surface area contributed by atoms with E-state index in [0.717, 1.165) is 15.8 Å². The lowest BCUT2D eigenvalue weighted by atomic mass is 10.1. The molecule has 0 N–H and O–H groups in total. The largest absolute Gasteiger partial charge is 0.493 e. The van der Waals surface area contributed by atoms with E-state index in [9.17, 15) is 9.59 Å². The van der Waals surface area contributed by atoms with Crippen molar-refractivity contribution in [2.24, 2.45) is 4.99 Å². The molecule has 2 aromatic carbocycles. The summed E-state index contributed by atoms with van der Waals surface area (Å²) < 4.78 is 18.3. The monoisotopic (exact) mass is 440 g/mol. The van der Waals surface area contributed by atoms with Gasteiger partial charge in [-0.3, -0.25) is 4.79 Å². The first-order valence-corrected chi connectivity index (χ1v) is 10.5. The average molecular weight is 441 g/mol. The van der Waals surface area contributed by atoms with Gasteiger partial charge in [0.05, 0.1) is 43.0 Å². The molecular formula is C23H24N2O5S. The lowest BCUT2D eigenvalue weighted by Gasteiger charge is -2.08. The predicted molar refractivity (Wildman–Crippen MR) is 120 cm³/mol. The Bertz CT molecular complexity index is 1190. The van der Waals surface area contributed by atoms with Crippen LogP contribution in [0.2, 0.25) is 0 Å². The van der Waals surface area contributed by atoms with E-state index in [1.807, 2.05) is 16.7 Å². The Hall–Kier alpha value is -3.39. The van der Waals surface area contributed by atoms with Gasteiger partial charge in [-0.2, -0.15) is 4.99 Å². The fourth-order valence-corrected chi connectivity index (χ4v) is 4.21. The van der Waals surface area contributed by atoms with E-state index in [0.29, 0.717) is 35.0 Å². The number of allylic oxidation sites excluding steroid dienone is 1. The fraction of sp³-hybridized carbons (Fsp3) is 0.261. The molecule has 1 heterocycles. The summed E-state index contributed by atoms with van der Waals surface area (Å²) in [4.78, 5) is 29.6. The van der Waals surface area contributed by atoms with Gasteiger partial charge in [-0.1, -0.05) is 23.5 Å². The maximum Gasteiger partial charge on any atom is 0.338 e. The number of esters is 1.